The molecule has 9 heteroatoms. The number of hydrogen-bond donors (Lipinski definition) is 1. The second-order valence-corrected chi connectivity index (χ2v) is 6.23. The lowest BCUT2D eigenvalue weighted by atomic mass is 10.00. The van der Waals surface area contributed by atoms with Crippen LogP contribution in [0.5, 0.6) is 0 Å². The summed E-state index contributed by atoms with van der Waals surface area (Å²) in [7, 11) is 3.46. The zero-order valence-electron chi connectivity index (χ0n) is 14.8. The first-order chi connectivity index (χ1) is 12.8. The van der Waals surface area contributed by atoms with Gasteiger partial charge in [-0.05, 0) is 24.4 Å². The summed E-state index contributed by atoms with van der Waals surface area (Å²) in [6, 6.07) is 6.11. The molecule has 1 fully saturated rings. The fourth-order valence-corrected chi connectivity index (χ4v) is 2.73. The highest BCUT2D eigenvalue weighted by Crippen LogP contribution is 2.28. The zero-order valence-corrected chi connectivity index (χ0v) is 15.7. The standard InChI is InChI=1S/C18H18N4O4S/c1-4-9-21-17(24)14(16(23)19-18(21)27)10-12(11-20(2)3)13-7-5-6-8-15(13)22(25)26/h4-8,10-11H,1,9H2,2-3H3,(H,19,23,27)/b12-11-,14-10-. The predicted octanol–water partition coefficient (Wildman–Crippen LogP) is 1.85. The first-order valence-corrected chi connectivity index (χ1v) is 8.29. The molecular weight excluding hydrogens is 368 g/mol. The van der Waals surface area contributed by atoms with Crippen molar-refractivity contribution >= 4 is 40.4 Å². The summed E-state index contributed by atoms with van der Waals surface area (Å²) in [5.41, 5.74) is 0.325. The Morgan fingerprint density at radius 1 is 1.37 bits per heavy atom. The van der Waals surface area contributed by atoms with Crippen LogP contribution in [-0.2, 0) is 9.59 Å². The minimum Gasteiger partial charge on any atom is -0.383 e. The Labute approximate surface area is 161 Å². The van der Waals surface area contributed by atoms with Crippen molar-refractivity contribution in [1.82, 2.24) is 15.1 Å². The van der Waals surface area contributed by atoms with E-state index in [-0.39, 0.29) is 28.5 Å². The number of nitrogens with zero attached hydrogens (tertiary/aromatic N) is 3. The van der Waals surface area contributed by atoms with Crippen molar-refractivity contribution in [3.63, 3.8) is 0 Å². The van der Waals surface area contributed by atoms with Crippen molar-refractivity contribution in [2.75, 3.05) is 20.6 Å². The summed E-state index contributed by atoms with van der Waals surface area (Å²) in [6.07, 6.45) is 4.41. The number of carbonyl (C=O) groups excluding carboxylic acids is 2. The first-order valence-electron chi connectivity index (χ1n) is 7.88. The van der Waals surface area contributed by atoms with E-state index in [0.29, 0.717) is 5.57 Å². The van der Waals surface area contributed by atoms with Crippen molar-refractivity contribution in [2.24, 2.45) is 0 Å². The van der Waals surface area contributed by atoms with Crippen molar-refractivity contribution in [3.05, 3.63) is 70.4 Å². The van der Waals surface area contributed by atoms with Crippen molar-refractivity contribution in [2.45, 2.75) is 0 Å². The average Bonchev–Trinajstić information content (AvgIpc) is 2.60. The number of hydrogen-bond acceptors (Lipinski definition) is 6. The topological polar surface area (TPSA) is 95.8 Å². The predicted molar refractivity (Wildman–Crippen MR) is 105 cm³/mol. The Kier molecular flexibility index (Phi) is 6.19. The molecule has 8 nitrogen and oxygen atoms in total. The molecule has 1 heterocycles. The van der Waals surface area contributed by atoms with E-state index in [1.165, 1.54) is 23.1 Å². The molecule has 2 amide bonds. The SMILES string of the molecule is C=CCN1C(=O)/C(=C\C(=C\N(C)C)c2ccccc2[N+](=O)[O-])C(=O)NC1=S. The number of amides is 2. The molecule has 0 unspecified atom stereocenters. The molecule has 0 aromatic heterocycles. The molecule has 0 atom stereocenters. The van der Waals surface area contributed by atoms with Crippen molar-refractivity contribution in [3.8, 4) is 0 Å². The van der Waals surface area contributed by atoms with Crippen LogP contribution in [0.2, 0.25) is 0 Å². The van der Waals surface area contributed by atoms with Crippen LogP contribution in [0.15, 0.2) is 54.8 Å². The lowest BCUT2D eigenvalue weighted by Crippen LogP contribution is -2.53. The van der Waals surface area contributed by atoms with E-state index in [9.17, 15) is 19.7 Å². The number of nitro groups is 1. The van der Waals surface area contributed by atoms with Gasteiger partial charge in [0.05, 0.1) is 10.5 Å². The van der Waals surface area contributed by atoms with Gasteiger partial charge in [-0.15, -0.1) is 6.58 Å². The maximum Gasteiger partial charge on any atom is 0.277 e. The highest BCUT2D eigenvalue weighted by Gasteiger charge is 2.33. The molecule has 0 radical (unpaired) electrons. The molecule has 0 aliphatic carbocycles. The molecule has 1 aliphatic rings. The van der Waals surface area contributed by atoms with Gasteiger partial charge in [0.15, 0.2) is 5.11 Å². The third-order valence-electron chi connectivity index (χ3n) is 3.61. The van der Waals surface area contributed by atoms with Gasteiger partial charge in [0.25, 0.3) is 17.5 Å². The molecule has 27 heavy (non-hydrogen) atoms. The molecule has 0 spiro atoms. The molecule has 140 valence electrons. The van der Waals surface area contributed by atoms with Gasteiger partial charge in [-0.1, -0.05) is 18.2 Å². The van der Waals surface area contributed by atoms with E-state index in [4.69, 9.17) is 12.2 Å². The second kappa shape index (κ2) is 8.37. The zero-order chi connectivity index (χ0) is 20.1. The summed E-state index contributed by atoms with van der Waals surface area (Å²) in [6.45, 7) is 3.70. The summed E-state index contributed by atoms with van der Waals surface area (Å²) >= 11 is 5.02. The lowest BCUT2D eigenvalue weighted by Gasteiger charge is -2.28. The molecule has 1 aromatic carbocycles. The van der Waals surface area contributed by atoms with E-state index in [1.54, 1.807) is 43.4 Å². The van der Waals surface area contributed by atoms with Crippen LogP contribution in [0, 0.1) is 10.1 Å². The van der Waals surface area contributed by atoms with Gasteiger partial charge in [0.2, 0.25) is 0 Å². The van der Waals surface area contributed by atoms with E-state index >= 15 is 0 Å². The minimum absolute atomic E-state index is 0.00844. The maximum absolute atomic E-state index is 12.7. The third-order valence-corrected chi connectivity index (χ3v) is 3.93. The number of nitro benzene ring substituents is 1. The monoisotopic (exact) mass is 386 g/mol. The summed E-state index contributed by atoms with van der Waals surface area (Å²) < 4.78 is 0. The van der Waals surface area contributed by atoms with Crippen LogP contribution < -0.4 is 5.32 Å². The van der Waals surface area contributed by atoms with Crippen LogP contribution in [0.3, 0.4) is 0 Å². The number of para-hydroxylation sites is 1. The van der Waals surface area contributed by atoms with Crippen LogP contribution in [0.25, 0.3) is 5.57 Å². The Balaban J connectivity index is 2.60. The highest BCUT2D eigenvalue weighted by molar-refractivity contribution is 7.80. The number of benzene rings is 1. The van der Waals surface area contributed by atoms with Crippen LogP contribution in [0.4, 0.5) is 5.69 Å². The second-order valence-electron chi connectivity index (χ2n) is 5.84. The number of thiocarbonyl (C=S) groups is 1. The van der Waals surface area contributed by atoms with Gasteiger partial charge >= 0.3 is 0 Å². The molecule has 0 saturated carbocycles. The van der Waals surface area contributed by atoms with Gasteiger partial charge < -0.3 is 4.90 Å². The molecule has 1 aromatic rings. The maximum atomic E-state index is 12.7. The smallest absolute Gasteiger partial charge is 0.277 e. The Bertz CT molecular complexity index is 889. The highest BCUT2D eigenvalue weighted by atomic mass is 32.1. The van der Waals surface area contributed by atoms with E-state index in [0.717, 1.165) is 0 Å². The number of nitrogens with one attached hydrogen (secondary N) is 1. The van der Waals surface area contributed by atoms with E-state index in [1.807, 2.05) is 0 Å². The summed E-state index contributed by atoms with van der Waals surface area (Å²) in [5, 5.41) is 13.8. The number of rotatable bonds is 6. The van der Waals surface area contributed by atoms with E-state index < -0.39 is 16.7 Å². The normalized spacial score (nSPS) is 16.4. The van der Waals surface area contributed by atoms with Gasteiger partial charge in [-0.2, -0.15) is 0 Å². The molecule has 1 aliphatic heterocycles. The van der Waals surface area contributed by atoms with Crippen LogP contribution in [-0.4, -0.2) is 52.3 Å². The quantitative estimate of drug-likeness (QED) is 0.200. The molecule has 2 rings (SSSR count). The molecular formula is C18H18N4O4S. The minimum atomic E-state index is -0.659. The van der Waals surface area contributed by atoms with Crippen molar-refractivity contribution in [1.29, 1.82) is 0 Å². The summed E-state index contributed by atoms with van der Waals surface area (Å²) in [5.74, 6) is -1.25. The first kappa shape index (κ1) is 20.0. The summed E-state index contributed by atoms with van der Waals surface area (Å²) in [4.78, 5) is 38.7. The average molecular weight is 386 g/mol. The van der Waals surface area contributed by atoms with Crippen molar-refractivity contribution < 1.29 is 14.5 Å². The Morgan fingerprint density at radius 3 is 2.63 bits per heavy atom. The van der Waals surface area contributed by atoms with Gasteiger partial charge in [-0.3, -0.25) is 29.9 Å². The molecule has 1 saturated heterocycles. The van der Waals surface area contributed by atoms with Gasteiger partial charge in [0.1, 0.15) is 5.57 Å². The largest absolute Gasteiger partial charge is 0.383 e. The van der Waals surface area contributed by atoms with Crippen LogP contribution >= 0.6 is 12.2 Å². The lowest BCUT2D eigenvalue weighted by molar-refractivity contribution is -0.385. The number of allylic oxidation sites excluding steroid dienone is 2. The fraction of sp³-hybridized carbons (Fsp3) is 0.167. The molecule has 0 bridgehead atoms. The van der Waals surface area contributed by atoms with Gasteiger partial charge in [-0.25, -0.2) is 0 Å². The Hall–Kier alpha value is -3.33. The third kappa shape index (κ3) is 4.45. The van der Waals surface area contributed by atoms with Gasteiger partial charge in [0, 0.05) is 38.5 Å². The van der Waals surface area contributed by atoms with E-state index in [2.05, 4.69) is 11.9 Å². The van der Waals surface area contributed by atoms with Crippen LogP contribution in [0.1, 0.15) is 5.56 Å². The Morgan fingerprint density at radius 2 is 2.04 bits per heavy atom. The molecule has 1 N–H and O–H groups in total. The fourth-order valence-electron chi connectivity index (χ4n) is 2.48. The number of carbonyl (C=O) groups is 2.